The van der Waals surface area contributed by atoms with E-state index in [1.807, 2.05) is 24.0 Å². The highest BCUT2D eigenvalue weighted by atomic mass is 32.2. The van der Waals surface area contributed by atoms with Crippen LogP contribution < -0.4 is 14.8 Å². The van der Waals surface area contributed by atoms with Crippen molar-refractivity contribution in [1.29, 1.82) is 0 Å². The Bertz CT molecular complexity index is 1290. The van der Waals surface area contributed by atoms with Crippen LogP contribution in [0.3, 0.4) is 0 Å². The molecule has 1 saturated heterocycles. The number of pyridine rings is 1. The molecule has 42 heavy (non-hydrogen) atoms. The maximum atomic E-state index is 13.6. The number of halogens is 2. The van der Waals surface area contributed by atoms with Gasteiger partial charge in [-0.3, -0.25) is 9.62 Å². The average molecular weight is 608 g/mol. The summed E-state index contributed by atoms with van der Waals surface area (Å²) in [5.41, 5.74) is 2.42. The molecular weight excluding hydrogens is 564 g/mol. The van der Waals surface area contributed by atoms with Gasteiger partial charge in [-0.2, -0.15) is 0 Å². The van der Waals surface area contributed by atoms with Gasteiger partial charge in [0.1, 0.15) is 5.75 Å². The van der Waals surface area contributed by atoms with Gasteiger partial charge < -0.3 is 15.0 Å². The lowest BCUT2D eigenvalue weighted by Crippen LogP contribution is -2.53. The number of ether oxygens (including phenoxy) is 1. The van der Waals surface area contributed by atoms with Gasteiger partial charge in [-0.15, -0.1) is 0 Å². The number of sulfonamides is 1. The highest BCUT2D eigenvalue weighted by Crippen LogP contribution is 2.33. The molecule has 9 nitrogen and oxygen atoms in total. The Hall–Kier alpha value is -2.99. The van der Waals surface area contributed by atoms with Crippen LogP contribution in [0.5, 0.6) is 11.6 Å². The minimum absolute atomic E-state index is 0.117. The van der Waals surface area contributed by atoms with Gasteiger partial charge in [-0.05, 0) is 68.9 Å². The molecule has 0 bridgehead atoms. The van der Waals surface area contributed by atoms with Gasteiger partial charge in [0.25, 0.3) is 0 Å². The van der Waals surface area contributed by atoms with Gasteiger partial charge in [-0.25, -0.2) is 27.0 Å². The second-order valence-corrected chi connectivity index (χ2v) is 13.3. The molecule has 1 aliphatic heterocycles. The van der Waals surface area contributed by atoms with Crippen LogP contribution in [-0.4, -0.2) is 73.1 Å². The molecule has 1 aromatic heterocycles. The Balaban J connectivity index is 1.28. The van der Waals surface area contributed by atoms with E-state index >= 15 is 0 Å². The number of benzene rings is 1. The molecule has 232 valence electrons. The summed E-state index contributed by atoms with van der Waals surface area (Å²) < 4.78 is 58.2. The summed E-state index contributed by atoms with van der Waals surface area (Å²) in [5, 5.41) is 3.05. The monoisotopic (exact) mass is 607 g/mol. The molecule has 0 unspecified atom stereocenters. The molecule has 1 saturated carbocycles. The molecule has 2 aliphatic rings. The third-order valence-electron chi connectivity index (χ3n) is 8.00. The van der Waals surface area contributed by atoms with Gasteiger partial charge >= 0.3 is 6.03 Å². The third-order valence-corrected chi connectivity index (χ3v) is 8.61. The summed E-state index contributed by atoms with van der Waals surface area (Å²) in [6.07, 6.45) is 5.04. The number of aryl methyl sites for hydroxylation is 1. The molecule has 0 radical (unpaired) electrons. The van der Waals surface area contributed by atoms with Crippen molar-refractivity contribution in [2.45, 2.75) is 89.8 Å². The first kappa shape index (κ1) is 31.9. The Labute approximate surface area is 248 Å². The van der Waals surface area contributed by atoms with E-state index in [0.29, 0.717) is 36.7 Å². The fraction of sp³-hybridized carbons (Fsp3) is 0.600. The number of anilines is 1. The molecule has 12 heteroatoms. The van der Waals surface area contributed by atoms with E-state index in [4.69, 9.17) is 4.74 Å². The van der Waals surface area contributed by atoms with Crippen molar-refractivity contribution in [2.24, 2.45) is 0 Å². The number of unbranched alkanes of at least 4 members (excludes halogenated alkanes) is 1. The lowest BCUT2D eigenvalue weighted by molar-refractivity contribution is -0.0400. The van der Waals surface area contributed by atoms with Crippen LogP contribution in [0.4, 0.5) is 19.3 Å². The van der Waals surface area contributed by atoms with Crippen LogP contribution in [0.15, 0.2) is 36.4 Å². The summed E-state index contributed by atoms with van der Waals surface area (Å²) >= 11 is 0. The normalized spacial score (nSPS) is 18.4. The van der Waals surface area contributed by atoms with Gasteiger partial charge in [-0.1, -0.05) is 19.4 Å². The first-order valence-electron chi connectivity index (χ1n) is 14.8. The van der Waals surface area contributed by atoms with Crippen molar-refractivity contribution in [1.82, 2.24) is 20.1 Å². The highest BCUT2D eigenvalue weighted by Gasteiger charge is 2.36. The lowest BCUT2D eigenvalue weighted by Gasteiger charge is -2.40. The van der Waals surface area contributed by atoms with Gasteiger partial charge in [0.05, 0.1) is 6.26 Å². The molecule has 0 spiro atoms. The fourth-order valence-corrected chi connectivity index (χ4v) is 6.13. The number of carbonyl (C=O) groups excluding carboxylic acids is 1. The third kappa shape index (κ3) is 9.52. The zero-order chi connectivity index (χ0) is 30.3. The molecule has 1 aliphatic carbocycles. The van der Waals surface area contributed by atoms with Crippen molar-refractivity contribution in [3.05, 3.63) is 47.7 Å². The molecule has 4 rings (SSSR count). The molecule has 2 aromatic rings. The van der Waals surface area contributed by atoms with Crippen molar-refractivity contribution < 1.29 is 26.7 Å². The number of likely N-dealkylation sites (tertiary alicyclic amines) is 1. The quantitative estimate of drug-likeness (QED) is 0.329. The number of hydrogen-bond acceptors (Lipinski definition) is 6. The number of piperidine rings is 1. The van der Waals surface area contributed by atoms with Crippen molar-refractivity contribution in [3.63, 3.8) is 0 Å². The number of aromatic nitrogens is 1. The predicted molar refractivity (Wildman–Crippen MR) is 160 cm³/mol. The number of rotatable bonds is 11. The van der Waals surface area contributed by atoms with Gasteiger partial charge in [0.2, 0.25) is 21.8 Å². The van der Waals surface area contributed by atoms with E-state index in [9.17, 15) is 22.0 Å². The Kier molecular flexibility index (Phi) is 10.6. The summed E-state index contributed by atoms with van der Waals surface area (Å²) in [5.74, 6) is -1.60. The van der Waals surface area contributed by atoms with Crippen LogP contribution in [0, 0.1) is 6.92 Å². The van der Waals surface area contributed by atoms with E-state index in [1.54, 1.807) is 24.3 Å². The maximum absolute atomic E-state index is 13.6. The Morgan fingerprint density at radius 3 is 2.36 bits per heavy atom. The van der Waals surface area contributed by atoms with E-state index < -0.39 is 15.9 Å². The van der Waals surface area contributed by atoms with Crippen LogP contribution in [0.2, 0.25) is 0 Å². The van der Waals surface area contributed by atoms with Crippen LogP contribution >= 0.6 is 0 Å². The zero-order valence-electron chi connectivity index (χ0n) is 24.7. The van der Waals surface area contributed by atoms with Gasteiger partial charge in [0, 0.05) is 68.6 Å². The maximum Gasteiger partial charge on any atom is 0.317 e. The molecule has 2 fully saturated rings. The molecule has 2 amide bonds. The van der Waals surface area contributed by atoms with Gasteiger partial charge in [0.15, 0.2) is 0 Å². The largest absolute Gasteiger partial charge is 0.439 e. The van der Waals surface area contributed by atoms with Crippen molar-refractivity contribution in [3.8, 4) is 11.6 Å². The molecule has 0 atom stereocenters. The number of amides is 2. The van der Waals surface area contributed by atoms with Crippen LogP contribution in [0.1, 0.15) is 69.5 Å². The number of urea groups is 1. The minimum atomic E-state index is -3.34. The SMILES string of the molecule is CCCCN(C(=O)NC1CCC(F)(F)CC1)C1CCN(Cc2ccc(Oc3ccc(NS(C)(=O)=O)cc3)nc2C)CC1. The topological polar surface area (TPSA) is 104 Å². The first-order chi connectivity index (χ1) is 19.9. The highest BCUT2D eigenvalue weighted by molar-refractivity contribution is 7.92. The number of nitrogens with one attached hydrogen (secondary N) is 2. The number of nitrogens with zero attached hydrogens (tertiary/aromatic N) is 3. The fourth-order valence-electron chi connectivity index (χ4n) is 5.57. The van der Waals surface area contributed by atoms with E-state index in [1.165, 1.54) is 0 Å². The molecule has 1 aromatic carbocycles. The van der Waals surface area contributed by atoms with Crippen LogP contribution in [0.25, 0.3) is 0 Å². The average Bonchev–Trinajstić information content (AvgIpc) is 2.93. The van der Waals surface area contributed by atoms with Crippen LogP contribution in [-0.2, 0) is 16.6 Å². The standard InChI is InChI=1S/C30H43F2N5O4S/c1-4-5-18-37(29(38)34-24-12-16-30(31,32)17-13-24)26-14-19-36(20-15-26)21-23-6-11-28(33-22(23)2)41-27-9-7-25(8-10-27)35-42(3,39)40/h6-11,24,26,35H,4-5,12-21H2,1-3H3,(H,34,38). The number of alkyl halides is 2. The number of hydrogen-bond donors (Lipinski definition) is 2. The van der Waals surface area contributed by atoms with Crippen molar-refractivity contribution >= 4 is 21.7 Å². The summed E-state index contributed by atoms with van der Waals surface area (Å²) in [6.45, 7) is 7.17. The second-order valence-electron chi connectivity index (χ2n) is 11.5. The molecule has 2 N–H and O–H groups in total. The lowest BCUT2D eigenvalue weighted by atomic mass is 9.92. The Morgan fingerprint density at radius 2 is 1.76 bits per heavy atom. The molecular formula is C30H43F2N5O4S. The van der Waals surface area contributed by atoms with E-state index in [2.05, 4.69) is 26.8 Å². The molecule has 2 heterocycles. The number of carbonyl (C=O) groups is 1. The van der Waals surface area contributed by atoms with E-state index in [0.717, 1.165) is 62.8 Å². The Morgan fingerprint density at radius 1 is 1.10 bits per heavy atom. The minimum Gasteiger partial charge on any atom is -0.439 e. The van der Waals surface area contributed by atoms with E-state index in [-0.39, 0.29) is 31.0 Å². The van der Waals surface area contributed by atoms with Crippen molar-refractivity contribution in [2.75, 3.05) is 30.6 Å². The summed E-state index contributed by atoms with van der Waals surface area (Å²) in [4.78, 5) is 22.1. The first-order valence-corrected chi connectivity index (χ1v) is 16.7. The summed E-state index contributed by atoms with van der Waals surface area (Å²) in [6, 6.07) is 10.3. The zero-order valence-corrected chi connectivity index (χ0v) is 25.6. The second kappa shape index (κ2) is 14.0. The summed E-state index contributed by atoms with van der Waals surface area (Å²) in [7, 11) is -3.34. The predicted octanol–water partition coefficient (Wildman–Crippen LogP) is 5.91. The smallest absolute Gasteiger partial charge is 0.317 e.